The second kappa shape index (κ2) is 5.10. The van der Waals surface area contributed by atoms with Crippen LogP contribution in [0, 0.1) is 5.82 Å². The van der Waals surface area contributed by atoms with Crippen molar-refractivity contribution in [3.8, 4) is 0 Å². The van der Waals surface area contributed by atoms with Crippen LogP contribution >= 0.6 is 0 Å². The van der Waals surface area contributed by atoms with Crippen molar-refractivity contribution < 1.29 is 13.9 Å². The highest BCUT2D eigenvalue weighted by molar-refractivity contribution is 5.20. The summed E-state index contributed by atoms with van der Waals surface area (Å²) < 4.78 is 18.6. The standard InChI is InChI=1S/C13H14FNO2/c1-9(16)6-11-8-17-13(15-11)7-10-4-2-3-5-12(10)14/h2-5,8-9,16H,6-7H2,1H3. The van der Waals surface area contributed by atoms with Crippen LogP contribution < -0.4 is 0 Å². The van der Waals surface area contributed by atoms with Crippen molar-refractivity contribution in [1.82, 2.24) is 4.98 Å². The average molecular weight is 235 g/mol. The minimum Gasteiger partial charge on any atom is -0.448 e. The molecule has 90 valence electrons. The number of benzene rings is 1. The highest BCUT2D eigenvalue weighted by atomic mass is 19.1. The second-order valence-corrected chi connectivity index (χ2v) is 4.05. The molecule has 4 heteroatoms. The summed E-state index contributed by atoms with van der Waals surface area (Å²) in [7, 11) is 0. The van der Waals surface area contributed by atoms with E-state index >= 15 is 0 Å². The molecule has 0 aliphatic heterocycles. The summed E-state index contributed by atoms with van der Waals surface area (Å²) in [6.45, 7) is 1.69. The van der Waals surface area contributed by atoms with E-state index in [-0.39, 0.29) is 5.82 Å². The number of aromatic nitrogens is 1. The van der Waals surface area contributed by atoms with E-state index in [0.29, 0.717) is 30.0 Å². The van der Waals surface area contributed by atoms with Crippen LogP contribution in [0.3, 0.4) is 0 Å². The molecule has 2 aromatic rings. The number of rotatable bonds is 4. The summed E-state index contributed by atoms with van der Waals surface area (Å²) in [5.74, 6) is 0.202. The van der Waals surface area contributed by atoms with Crippen molar-refractivity contribution in [3.05, 3.63) is 53.5 Å². The first-order valence-corrected chi connectivity index (χ1v) is 5.50. The molecule has 0 fully saturated rings. The quantitative estimate of drug-likeness (QED) is 0.884. The molecule has 0 bridgehead atoms. The van der Waals surface area contributed by atoms with Gasteiger partial charge in [0.05, 0.1) is 18.2 Å². The number of halogens is 1. The maximum Gasteiger partial charge on any atom is 0.198 e. The minimum atomic E-state index is -0.457. The maximum absolute atomic E-state index is 13.4. The molecule has 0 saturated carbocycles. The predicted molar refractivity (Wildman–Crippen MR) is 61.1 cm³/mol. The molecule has 0 amide bonds. The molecule has 0 aliphatic carbocycles. The second-order valence-electron chi connectivity index (χ2n) is 4.05. The van der Waals surface area contributed by atoms with Crippen LogP contribution in [0.2, 0.25) is 0 Å². The summed E-state index contributed by atoms with van der Waals surface area (Å²) in [5, 5.41) is 9.21. The van der Waals surface area contributed by atoms with Crippen LogP contribution in [-0.4, -0.2) is 16.2 Å². The minimum absolute atomic E-state index is 0.261. The Bertz CT molecular complexity index is 494. The monoisotopic (exact) mass is 235 g/mol. The van der Waals surface area contributed by atoms with Gasteiger partial charge in [0.2, 0.25) is 0 Å². The Balaban J connectivity index is 2.09. The van der Waals surface area contributed by atoms with Crippen LogP contribution in [0.5, 0.6) is 0 Å². The smallest absolute Gasteiger partial charge is 0.198 e. The molecule has 3 nitrogen and oxygen atoms in total. The van der Waals surface area contributed by atoms with Gasteiger partial charge in [-0.15, -0.1) is 0 Å². The first-order chi connectivity index (χ1) is 8.15. The van der Waals surface area contributed by atoms with Gasteiger partial charge in [0.15, 0.2) is 5.89 Å². The van der Waals surface area contributed by atoms with Crippen molar-refractivity contribution in [2.45, 2.75) is 25.9 Å². The van der Waals surface area contributed by atoms with Gasteiger partial charge in [-0.05, 0) is 18.6 Å². The van der Waals surface area contributed by atoms with Crippen LogP contribution in [0.4, 0.5) is 4.39 Å². The lowest BCUT2D eigenvalue weighted by atomic mass is 10.1. The fraction of sp³-hybridized carbons (Fsp3) is 0.308. The third-order valence-electron chi connectivity index (χ3n) is 2.40. The van der Waals surface area contributed by atoms with Crippen LogP contribution in [0.1, 0.15) is 24.1 Å². The molecule has 1 N–H and O–H groups in total. The van der Waals surface area contributed by atoms with E-state index in [1.165, 1.54) is 12.3 Å². The highest BCUT2D eigenvalue weighted by Gasteiger charge is 2.09. The van der Waals surface area contributed by atoms with Gasteiger partial charge >= 0.3 is 0 Å². The molecule has 1 aromatic carbocycles. The Morgan fingerprint density at radius 1 is 1.41 bits per heavy atom. The van der Waals surface area contributed by atoms with E-state index in [2.05, 4.69) is 4.98 Å². The molecule has 1 unspecified atom stereocenters. The first kappa shape index (κ1) is 11.8. The molecule has 0 aliphatic rings. The highest BCUT2D eigenvalue weighted by Crippen LogP contribution is 2.13. The van der Waals surface area contributed by atoms with Gasteiger partial charge in [0.25, 0.3) is 0 Å². The number of oxazole rings is 1. The van der Waals surface area contributed by atoms with Crippen molar-refractivity contribution in [3.63, 3.8) is 0 Å². The zero-order valence-corrected chi connectivity index (χ0v) is 9.56. The fourth-order valence-electron chi connectivity index (χ4n) is 1.63. The molecule has 1 atom stereocenters. The van der Waals surface area contributed by atoms with Gasteiger partial charge < -0.3 is 9.52 Å². The fourth-order valence-corrected chi connectivity index (χ4v) is 1.63. The normalized spacial score (nSPS) is 12.6. The zero-order valence-electron chi connectivity index (χ0n) is 9.56. The molecule has 0 spiro atoms. The first-order valence-electron chi connectivity index (χ1n) is 5.50. The van der Waals surface area contributed by atoms with Crippen LogP contribution in [0.25, 0.3) is 0 Å². The third kappa shape index (κ3) is 3.14. The third-order valence-corrected chi connectivity index (χ3v) is 2.40. The van der Waals surface area contributed by atoms with Crippen molar-refractivity contribution in [2.75, 3.05) is 0 Å². The number of hydrogen-bond donors (Lipinski definition) is 1. The number of aliphatic hydroxyl groups excluding tert-OH is 1. The summed E-state index contributed by atoms with van der Waals surface area (Å²) in [6, 6.07) is 6.54. The zero-order chi connectivity index (χ0) is 12.3. The van der Waals surface area contributed by atoms with E-state index in [1.54, 1.807) is 25.1 Å². The topological polar surface area (TPSA) is 46.3 Å². The summed E-state index contributed by atoms with van der Waals surface area (Å²) in [5.41, 5.74) is 1.24. The largest absolute Gasteiger partial charge is 0.448 e. The molecular formula is C13H14FNO2. The summed E-state index contributed by atoms with van der Waals surface area (Å²) in [6.07, 6.45) is 1.82. The molecule has 17 heavy (non-hydrogen) atoms. The van der Waals surface area contributed by atoms with Gasteiger partial charge in [0, 0.05) is 6.42 Å². The lowest BCUT2D eigenvalue weighted by molar-refractivity contribution is 0.194. The number of hydrogen-bond acceptors (Lipinski definition) is 3. The van der Waals surface area contributed by atoms with Gasteiger partial charge in [-0.1, -0.05) is 18.2 Å². The van der Waals surface area contributed by atoms with E-state index < -0.39 is 6.10 Å². The Hall–Kier alpha value is -1.68. The Kier molecular flexibility index (Phi) is 3.54. The molecular weight excluding hydrogens is 221 g/mol. The molecule has 0 saturated heterocycles. The van der Waals surface area contributed by atoms with Gasteiger partial charge in [-0.3, -0.25) is 0 Å². The average Bonchev–Trinajstić information content (AvgIpc) is 2.68. The van der Waals surface area contributed by atoms with E-state index in [0.717, 1.165) is 0 Å². The Morgan fingerprint density at radius 3 is 2.88 bits per heavy atom. The SMILES string of the molecule is CC(O)Cc1coc(Cc2ccccc2F)n1. The van der Waals surface area contributed by atoms with Gasteiger partial charge in [-0.2, -0.15) is 0 Å². The molecule has 1 heterocycles. The van der Waals surface area contributed by atoms with E-state index in [9.17, 15) is 9.50 Å². The summed E-state index contributed by atoms with van der Waals surface area (Å²) >= 11 is 0. The van der Waals surface area contributed by atoms with Crippen LogP contribution in [-0.2, 0) is 12.8 Å². The van der Waals surface area contributed by atoms with Gasteiger partial charge in [0.1, 0.15) is 12.1 Å². The number of nitrogens with zero attached hydrogens (tertiary/aromatic N) is 1. The van der Waals surface area contributed by atoms with Crippen molar-refractivity contribution in [1.29, 1.82) is 0 Å². The van der Waals surface area contributed by atoms with Crippen LogP contribution in [0.15, 0.2) is 34.9 Å². The Morgan fingerprint density at radius 2 is 2.18 bits per heavy atom. The molecule has 0 radical (unpaired) electrons. The molecule has 2 rings (SSSR count). The Labute approximate surface area is 98.9 Å². The van der Waals surface area contributed by atoms with Gasteiger partial charge in [-0.25, -0.2) is 9.37 Å². The summed E-state index contributed by atoms with van der Waals surface area (Å²) in [4.78, 5) is 4.19. The van der Waals surface area contributed by atoms with Crippen molar-refractivity contribution in [2.24, 2.45) is 0 Å². The van der Waals surface area contributed by atoms with E-state index in [1.807, 2.05) is 0 Å². The molecule has 1 aromatic heterocycles. The predicted octanol–water partition coefficient (Wildman–Crippen LogP) is 2.33. The number of aliphatic hydroxyl groups is 1. The maximum atomic E-state index is 13.4. The lowest BCUT2D eigenvalue weighted by Crippen LogP contribution is -2.04. The van der Waals surface area contributed by atoms with E-state index in [4.69, 9.17) is 4.42 Å². The lowest BCUT2D eigenvalue weighted by Gasteiger charge is -1.99. The van der Waals surface area contributed by atoms with Crippen molar-refractivity contribution >= 4 is 0 Å².